The van der Waals surface area contributed by atoms with Crippen molar-refractivity contribution in [2.24, 2.45) is 0 Å². The van der Waals surface area contributed by atoms with E-state index in [1.54, 1.807) is 37.4 Å². The van der Waals surface area contributed by atoms with Gasteiger partial charge in [-0.1, -0.05) is 29.8 Å². The summed E-state index contributed by atoms with van der Waals surface area (Å²) in [6.07, 6.45) is 0. The summed E-state index contributed by atoms with van der Waals surface area (Å²) in [6.45, 7) is 5.65. The molecule has 1 N–H and O–H groups in total. The van der Waals surface area contributed by atoms with E-state index in [1.807, 2.05) is 19.1 Å². The van der Waals surface area contributed by atoms with Crippen LogP contribution in [0.15, 0.2) is 48.0 Å². The number of aliphatic hydroxyl groups excluding tert-OH is 1. The van der Waals surface area contributed by atoms with Gasteiger partial charge in [-0.25, -0.2) is 0 Å². The van der Waals surface area contributed by atoms with Crippen molar-refractivity contribution in [3.8, 4) is 11.5 Å². The van der Waals surface area contributed by atoms with Crippen molar-refractivity contribution < 1.29 is 28.9 Å². The molecule has 4 rings (SSSR count). The summed E-state index contributed by atoms with van der Waals surface area (Å²) in [5, 5.41) is 11.2. The molecule has 34 heavy (non-hydrogen) atoms. The highest BCUT2D eigenvalue weighted by Gasteiger charge is 2.47. The third-order valence-electron chi connectivity index (χ3n) is 6.36. The molecule has 0 radical (unpaired) electrons. The van der Waals surface area contributed by atoms with Crippen LogP contribution < -0.4 is 9.47 Å². The fourth-order valence-corrected chi connectivity index (χ4v) is 4.43. The van der Waals surface area contributed by atoms with Gasteiger partial charge < -0.3 is 24.2 Å². The molecule has 0 unspecified atom stereocenters. The Morgan fingerprint density at radius 3 is 2.38 bits per heavy atom. The first-order valence-corrected chi connectivity index (χ1v) is 11.3. The first-order chi connectivity index (χ1) is 16.4. The van der Waals surface area contributed by atoms with Gasteiger partial charge in [-0.15, -0.1) is 0 Å². The molecule has 180 valence electrons. The molecule has 2 aromatic carbocycles. The van der Waals surface area contributed by atoms with Crippen LogP contribution in [0.3, 0.4) is 0 Å². The molecule has 1 amide bonds. The molecular formula is C26H30N2O6. The molecule has 2 aliphatic rings. The Morgan fingerprint density at radius 2 is 1.74 bits per heavy atom. The van der Waals surface area contributed by atoms with Crippen molar-refractivity contribution >= 4 is 17.4 Å². The number of methoxy groups -OCH3 is 2. The van der Waals surface area contributed by atoms with E-state index in [4.69, 9.17) is 14.2 Å². The zero-order valence-electron chi connectivity index (χ0n) is 19.7. The number of Topliss-reactive ketones (excluding diaryl/α,β-unsaturated/α-hetero) is 1. The minimum atomic E-state index is -0.813. The van der Waals surface area contributed by atoms with E-state index in [0.29, 0.717) is 48.9 Å². The third-order valence-corrected chi connectivity index (χ3v) is 6.36. The molecule has 2 fully saturated rings. The summed E-state index contributed by atoms with van der Waals surface area (Å²) in [4.78, 5) is 30.2. The van der Waals surface area contributed by atoms with E-state index in [0.717, 1.165) is 18.7 Å². The normalized spacial score (nSPS) is 20.6. The highest BCUT2D eigenvalue weighted by atomic mass is 16.5. The van der Waals surface area contributed by atoms with Gasteiger partial charge in [-0.05, 0) is 25.1 Å². The Kier molecular flexibility index (Phi) is 7.19. The van der Waals surface area contributed by atoms with Gasteiger partial charge in [0.1, 0.15) is 17.3 Å². The summed E-state index contributed by atoms with van der Waals surface area (Å²) in [5.74, 6) is -0.502. The van der Waals surface area contributed by atoms with Crippen molar-refractivity contribution in [2.75, 3.05) is 53.6 Å². The summed E-state index contributed by atoms with van der Waals surface area (Å²) in [7, 11) is 3.08. The molecule has 0 bridgehead atoms. The minimum absolute atomic E-state index is 0.0439. The van der Waals surface area contributed by atoms with Crippen LogP contribution in [0, 0.1) is 6.92 Å². The van der Waals surface area contributed by atoms with E-state index in [1.165, 1.54) is 12.0 Å². The van der Waals surface area contributed by atoms with E-state index < -0.39 is 17.7 Å². The molecule has 8 nitrogen and oxygen atoms in total. The number of likely N-dealkylation sites (tertiary alicyclic amines) is 1. The van der Waals surface area contributed by atoms with Gasteiger partial charge in [0.2, 0.25) is 0 Å². The number of benzene rings is 2. The minimum Gasteiger partial charge on any atom is -0.507 e. The van der Waals surface area contributed by atoms with Crippen LogP contribution in [0.4, 0.5) is 0 Å². The van der Waals surface area contributed by atoms with Crippen LogP contribution in [0.1, 0.15) is 22.7 Å². The van der Waals surface area contributed by atoms with Gasteiger partial charge in [-0.2, -0.15) is 0 Å². The smallest absolute Gasteiger partial charge is 0.295 e. The largest absolute Gasteiger partial charge is 0.507 e. The predicted octanol–water partition coefficient (Wildman–Crippen LogP) is 2.77. The average Bonchev–Trinajstić information content (AvgIpc) is 3.12. The van der Waals surface area contributed by atoms with Crippen LogP contribution in [0.5, 0.6) is 11.5 Å². The number of amides is 1. The molecule has 0 aliphatic carbocycles. The number of carbonyl (C=O) groups excluding carboxylic acids is 2. The lowest BCUT2D eigenvalue weighted by molar-refractivity contribution is -0.140. The number of hydrogen-bond donors (Lipinski definition) is 1. The Bertz CT molecular complexity index is 1090. The molecule has 0 saturated carbocycles. The lowest BCUT2D eigenvalue weighted by Crippen LogP contribution is -2.42. The number of ether oxygens (including phenoxy) is 3. The maximum absolute atomic E-state index is 13.3. The van der Waals surface area contributed by atoms with Crippen molar-refractivity contribution in [1.82, 2.24) is 9.80 Å². The second kappa shape index (κ2) is 10.3. The van der Waals surface area contributed by atoms with Gasteiger partial charge in [0.25, 0.3) is 11.7 Å². The highest BCUT2D eigenvalue weighted by molar-refractivity contribution is 6.46. The summed E-state index contributed by atoms with van der Waals surface area (Å²) >= 11 is 0. The highest BCUT2D eigenvalue weighted by Crippen LogP contribution is 2.43. The van der Waals surface area contributed by atoms with Crippen LogP contribution in [0.25, 0.3) is 5.76 Å². The zero-order chi connectivity index (χ0) is 24.2. The number of ketones is 1. The van der Waals surface area contributed by atoms with Crippen molar-refractivity contribution in [3.05, 3.63) is 64.7 Å². The molecule has 2 aromatic rings. The summed E-state index contributed by atoms with van der Waals surface area (Å²) in [6, 6.07) is 11.6. The van der Waals surface area contributed by atoms with Crippen LogP contribution in [-0.2, 0) is 14.3 Å². The Balaban J connectivity index is 1.81. The average molecular weight is 467 g/mol. The Hall–Kier alpha value is -3.36. The van der Waals surface area contributed by atoms with Gasteiger partial charge in [0.15, 0.2) is 0 Å². The van der Waals surface area contributed by atoms with Gasteiger partial charge in [-0.3, -0.25) is 14.5 Å². The third kappa shape index (κ3) is 4.64. The number of morpholine rings is 1. The van der Waals surface area contributed by atoms with Gasteiger partial charge in [0.05, 0.1) is 39.0 Å². The quantitative estimate of drug-likeness (QED) is 0.381. The van der Waals surface area contributed by atoms with Crippen LogP contribution in [-0.4, -0.2) is 80.2 Å². The standard InChI is InChI=1S/C26H30N2O6/c1-17-4-6-18(7-5-17)24(29)22-23(20-16-19(32-2)8-9-21(20)33-3)28(26(31)25(22)30)11-10-27-12-14-34-15-13-27/h4-9,16,23,29H,10-15H2,1-3H3/t23-/m1/s1. The van der Waals surface area contributed by atoms with E-state index in [2.05, 4.69) is 4.90 Å². The first-order valence-electron chi connectivity index (χ1n) is 11.3. The monoisotopic (exact) mass is 466 g/mol. The summed E-state index contributed by atoms with van der Waals surface area (Å²) < 4.78 is 16.4. The lowest BCUT2D eigenvalue weighted by Gasteiger charge is -2.31. The van der Waals surface area contributed by atoms with Crippen LogP contribution >= 0.6 is 0 Å². The molecule has 2 saturated heterocycles. The van der Waals surface area contributed by atoms with Crippen molar-refractivity contribution in [2.45, 2.75) is 13.0 Å². The molecular weight excluding hydrogens is 436 g/mol. The maximum Gasteiger partial charge on any atom is 0.295 e. The fourth-order valence-electron chi connectivity index (χ4n) is 4.43. The summed E-state index contributed by atoms with van der Waals surface area (Å²) in [5.41, 5.74) is 2.12. The maximum atomic E-state index is 13.3. The molecule has 8 heteroatoms. The number of hydrogen-bond acceptors (Lipinski definition) is 7. The van der Waals surface area contributed by atoms with Crippen molar-refractivity contribution in [3.63, 3.8) is 0 Å². The number of aliphatic hydroxyl groups is 1. The van der Waals surface area contributed by atoms with Crippen LogP contribution in [0.2, 0.25) is 0 Å². The molecule has 1 atom stereocenters. The Morgan fingerprint density at radius 1 is 1.03 bits per heavy atom. The predicted molar refractivity (Wildman–Crippen MR) is 127 cm³/mol. The lowest BCUT2D eigenvalue weighted by atomic mass is 9.94. The Labute approximate surface area is 199 Å². The molecule has 0 spiro atoms. The van der Waals surface area contributed by atoms with Crippen molar-refractivity contribution in [1.29, 1.82) is 0 Å². The van der Waals surface area contributed by atoms with E-state index in [9.17, 15) is 14.7 Å². The second-order valence-electron chi connectivity index (χ2n) is 8.42. The molecule has 2 heterocycles. The van der Waals surface area contributed by atoms with E-state index in [-0.39, 0.29) is 11.3 Å². The molecule has 0 aromatic heterocycles. The first kappa shape index (κ1) is 23.8. The SMILES string of the molecule is COc1ccc(OC)c([C@@H]2C(=C(O)c3ccc(C)cc3)C(=O)C(=O)N2CCN2CCOCC2)c1. The fraction of sp³-hybridized carbons (Fsp3) is 0.385. The van der Waals surface area contributed by atoms with Gasteiger partial charge >= 0.3 is 0 Å². The van der Waals surface area contributed by atoms with Gasteiger partial charge in [0, 0.05) is 37.3 Å². The topological polar surface area (TPSA) is 88.5 Å². The number of rotatable bonds is 7. The number of carbonyl (C=O) groups is 2. The van der Waals surface area contributed by atoms with E-state index >= 15 is 0 Å². The zero-order valence-corrected chi connectivity index (χ0v) is 19.7. The number of aryl methyl sites for hydroxylation is 1. The number of nitrogens with zero attached hydrogens (tertiary/aromatic N) is 2. The second-order valence-corrected chi connectivity index (χ2v) is 8.42. The molecule has 2 aliphatic heterocycles.